The molecule has 1 saturated carbocycles. The van der Waals surface area contributed by atoms with Crippen molar-refractivity contribution < 1.29 is 17.9 Å². The Kier molecular flexibility index (Phi) is 7.05. The largest absolute Gasteiger partial charge is 0.497 e. The molecule has 0 radical (unpaired) electrons. The van der Waals surface area contributed by atoms with Crippen molar-refractivity contribution >= 4 is 15.9 Å². The summed E-state index contributed by atoms with van der Waals surface area (Å²) in [6.07, 6.45) is 7.84. The molecule has 1 aliphatic carbocycles. The zero-order chi connectivity index (χ0) is 17.4. The number of benzene rings is 1. The molecule has 1 amide bonds. The predicted molar refractivity (Wildman–Crippen MR) is 92.4 cm³/mol. The zero-order valence-electron chi connectivity index (χ0n) is 14.1. The van der Waals surface area contributed by atoms with E-state index in [-0.39, 0.29) is 23.4 Å². The standard InChI is InChI=1S/C17H26N2O4S/c1-23-15-9-11-16(12-10-15)24(21,22)18-13-17(20)19-14-7-5-3-2-4-6-8-14/h9-12,14,18H,2-8,13H2,1H3,(H,19,20). The van der Waals surface area contributed by atoms with Crippen molar-refractivity contribution in [1.29, 1.82) is 0 Å². The number of carbonyl (C=O) groups excluding carboxylic acids is 1. The molecule has 0 aromatic heterocycles. The Morgan fingerprint density at radius 1 is 1.08 bits per heavy atom. The third-order valence-corrected chi connectivity index (χ3v) is 5.68. The van der Waals surface area contributed by atoms with Crippen molar-refractivity contribution in [3.8, 4) is 5.75 Å². The lowest BCUT2D eigenvalue weighted by Crippen LogP contribution is -2.42. The lowest BCUT2D eigenvalue weighted by molar-refractivity contribution is -0.120. The van der Waals surface area contributed by atoms with Crippen molar-refractivity contribution in [2.75, 3.05) is 13.7 Å². The van der Waals surface area contributed by atoms with Gasteiger partial charge in [-0.2, -0.15) is 0 Å². The van der Waals surface area contributed by atoms with Crippen LogP contribution in [0.15, 0.2) is 29.2 Å². The molecular formula is C17H26N2O4S. The molecule has 0 saturated heterocycles. The Bertz CT molecular complexity index is 620. The molecule has 1 aromatic carbocycles. The number of rotatable bonds is 6. The fraction of sp³-hybridized carbons (Fsp3) is 0.588. The first kappa shape index (κ1) is 18.7. The van der Waals surface area contributed by atoms with Crippen LogP contribution in [0.25, 0.3) is 0 Å². The maximum Gasteiger partial charge on any atom is 0.241 e. The highest BCUT2D eigenvalue weighted by molar-refractivity contribution is 7.89. The number of ether oxygens (including phenoxy) is 1. The summed E-state index contributed by atoms with van der Waals surface area (Å²) in [4.78, 5) is 12.1. The number of hydrogen-bond acceptors (Lipinski definition) is 4. The molecule has 0 unspecified atom stereocenters. The topological polar surface area (TPSA) is 84.5 Å². The summed E-state index contributed by atoms with van der Waals surface area (Å²) in [5.74, 6) is 0.300. The van der Waals surface area contributed by atoms with Gasteiger partial charge in [0.2, 0.25) is 15.9 Å². The summed E-state index contributed by atoms with van der Waals surface area (Å²) in [7, 11) is -2.19. The van der Waals surface area contributed by atoms with E-state index in [1.165, 1.54) is 38.5 Å². The van der Waals surface area contributed by atoms with Crippen molar-refractivity contribution in [1.82, 2.24) is 10.0 Å². The molecule has 6 nitrogen and oxygen atoms in total. The van der Waals surface area contributed by atoms with Gasteiger partial charge in [0, 0.05) is 6.04 Å². The number of carbonyl (C=O) groups is 1. The Balaban J connectivity index is 1.84. The molecule has 0 atom stereocenters. The van der Waals surface area contributed by atoms with Crippen LogP contribution >= 0.6 is 0 Å². The predicted octanol–water partition coefficient (Wildman–Crippen LogP) is 2.20. The zero-order valence-corrected chi connectivity index (χ0v) is 14.9. The van der Waals surface area contributed by atoms with E-state index in [4.69, 9.17) is 4.74 Å². The second kappa shape index (κ2) is 9.03. The smallest absolute Gasteiger partial charge is 0.241 e. The second-order valence-electron chi connectivity index (χ2n) is 6.11. The number of sulfonamides is 1. The van der Waals surface area contributed by atoms with Crippen LogP contribution < -0.4 is 14.8 Å². The molecule has 2 N–H and O–H groups in total. The molecule has 0 bridgehead atoms. The SMILES string of the molecule is COc1ccc(S(=O)(=O)NCC(=O)NC2CCCCCCC2)cc1. The van der Waals surface area contributed by atoms with Gasteiger partial charge >= 0.3 is 0 Å². The molecule has 0 heterocycles. The van der Waals surface area contributed by atoms with E-state index in [9.17, 15) is 13.2 Å². The Hall–Kier alpha value is -1.60. The fourth-order valence-corrected chi connectivity index (χ4v) is 3.86. The van der Waals surface area contributed by atoms with E-state index >= 15 is 0 Å². The molecule has 2 rings (SSSR count). The van der Waals surface area contributed by atoms with E-state index in [0.29, 0.717) is 5.75 Å². The fourth-order valence-electron chi connectivity index (χ4n) is 2.88. The first-order valence-electron chi connectivity index (χ1n) is 8.44. The normalized spacial score (nSPS) is 16.9. The van der Waals surface area contributed by atoms with Gasteiger partial charge in [-0.1, -0.05) is 32.1 Å². The van der Waals surface area contributed by atoms with Gasteiger partial charge in [0.25, 0.3) is 0 Å². The Morgan fingerprint density at radius 3 is 2.25 bits per heavy atom. The average molecular weight is 354 g/mol. The molecule has 0 spiro atoms. The molecule has 1 aromatic rings. The number of hydrogen-bond donors (Lipinski definition) is 2. The van der Waals surface area contributed by atoms with Gasteiger partial charge in [-0.15, -0.1) is 0 Å². The average Bonchev–Trinajstić information content (AvgIpc) is 2.55. The van der Waals surface area contributed by atoms with Crippen LogP contribution in [-0.2, 0) is 14.8 Å². The highest BCUT2D eigenvalue weighted by atomic mass is 32.2. The van der Waals surface area contributed by atoms with E-state index in [1.807, 2.05) is 0 Å². The van der Waals surface area contributed by atoms with Gasteiger partial charge in [-0.25, -0.2) is 13.1 Å². The number of nitrogens with one attached hydrogen (secondary N) is 2. The third-order valence-electron chi connectivity index (χ3n) is 4.26. The lowest BCUT2D eigenvalue weighted by Gasteiger charge is -2.21. The molecule has 7 heteroatoms. The van der Waals surface area contributed by atoms with Crippen LogP contribution in [-0.4, -0.2) is 34.0 Å². The Morgan fingerprint density at radius 2 is 1.67 bits per heavy atom. The monoisotopic (exact) mass is 354 g/mol. The van der Waals surface area contributed by atoms with Crippen LogP contribution in [0.1, 0.15) is 44.9 Å². The maximum absolute atomic E-state index is 12.2. The van der Waals surface area contributed by atoms with Crippen LogP contribution in [0.3, 0.4) is 0 Å². The van der Waals surface area contributed by atoms with Gasteiger partial charge in [0.15, 0.2) is 0 Å². The molecule has 24 heavy (non-hydrogen) atoms. The Labute approximate surface area is 144 Å². The highest BCUT2D eigenvalue weighted by Crippen LogP contribution is 2.17. The van der Waals surface area contributed by atoms with E-state index < -0.39 is 10.0 Å². The minimum Gasteiger partial charge on any atom is -0.497 e. The highest BCUT2D eigenvalue weighted by Gasteiger charge is 2.18. The van der Waals surface area contributed by atoms with Gasteiger partial charge in [0.05, 0.1) is 18.6 Å². The van der Waals surface area contributed by atoms with Crippen molar-refractivity contribution in [2.24, 2.45) is 0 Å². The van der Waals surface area contributed by atoms with Crippen molar-refractivity contribution in [3.63, 3.8) is 0 Å². The van der Waals surface area contributed by atoms with Crippen LogP contribution in [0.4, 0.5) is 0 Å². The van der Waals surface area contributed by atoms with Gasteiger partial charge in [0.1, 0.15) is 5.75 Å². The van der Waals surface area contributed by atoms with E-state index in [2.05, 4.69) is 10.0 Å². The van der Waals surface area contributed by atoms with Crippen molar-refractivity contribution in [2.45, 2.75) is 55.9 Å². The minimum atomic E-state index is -3.70. The molecule has 134 valence electrons. The first-order chi connectivity index (χ1) is 11.5. The van der Waals surface area contributed by atoms with Gasteiger partial charge in [-0.3, -0.25) is 4.79 Å². The third kappa shape index (κ3) is 5.79. The van der Waals surface area contributed by atoms with Crippen LogP contribution in [0, 0.1) is 0 Å². The summed E-state index contributed by atoms with van der Waals surface area (Å²) in [6, 6.07) is 6.21. The quantitative estimate of drug-likeness (QED) is 0.820. The number of amides is 1. The first-order valence-corrected chi connectivity index (χ1v) is 9.92. The van der Waals surface area contributed by atoms with Gasteiger partial charge < -0.3 is 10.1 Å². The summed E-state index contributed by atoms with van der Waals surface area (Å²) < 4.78 is 31.7. The maximum atomic E-state index is 12.2. The van der Waals surface area contributed by atoms with Crippen molar-refractivity contribution in [3.05, 3.63) is 24.3 Å². The molecule has 0 aliphatic heterocycles. The molecular weight excluding hydrogens is 328 g/mol. The van der Waals surface area contributed by atoms with E-state index in [1.54, 1.807) is 12.1 Å². The summed E-state index contributed by atoms with van der Waals surface area (Å²) >= 11 is 0. The van der Waals surface area contributed by atoms with E-state index in [0.717, 1.165) is 25.7 Å². The molecule has 1 aliphatic rings. The summed E-state index contributed by atoms with van der Waals surface area (Å²) in [5, 5.41) is 2.94. The van der Waals surface area contributed by atoms with Gasteiger partial charge in [-0.05, 0) is 37.1 Å². The molecule has 1 fully saturated rings. The summed E-state index contributed by atoms with van der Waals surface area (Å²) in [5.41, 5.74) is 0. The summed E-state index contributed by atoms with van der Waals surface area (Å²) in [6.45, 7) is -0.245. The van der Waals surface area contributed by atoms with Crippen LogP contribution in [0.2, 0.25) is 0 Å². The van der Waals surface area contributed by atoms with Crippen LogP contribution in [0.5, 0.6) is 5.75 Å². The lowest BCUT2D eigenvalue weighted by atomic mass is 9.97. The second-order valence-corrected chi connectivity index (χ2v) is 7.88. The number of methoxy groups -OCH3 is 1. The minimum absolute atomic E-state index is 0.113.